The van der Waals surface area contributed by atoms with Crippen molar-refractivity contribution < 1.29 is 27.4 Å². The highest BCUT2D eigenvalue weighted by molar-refractivity contribution is 5.67. The Balaban J connectivity index is 2.01. The molecular formula is C27H28F4O2. The van der Waals surface area contributed by atoms with Crippen LogP contribution < -0.4 is 0 Å². The first-order valence-corrected chi connectivity index (χ1v) is 10.4. The molecule has 0 aromatic heterocycles. The van der Waals surface area contributed by atoms with Crippen LogP contribution in [-0.2, 0) is 11.2 Å². The van der Waals surface area contributed by atoms with E-state index in [1.165, 1.54) is 12.2 Å². The molecule has 1 N–H and O–H groups in total. The maximum absolute atomic E-state index is 14.6. The lowest BCUT2D eigenvalue weighted by Gasteiger charge is -2.18. The zero-order chi connectivity index (χ0) is 24.7. The highest BCUT2D eigenvalue weighted by atomic mass is 19.2. The van der Waals surface area contributed by atoms with Crippen LogP contribution in [0.3, 0.4) is 0 Å². The number of rotatable bonds is 10. The summed E-state index contributed by atoms with van der Waals surface area (Å²) < 4.78 is 61.7. The fourth-order valence-electron chi connectivity index (χ4n) is 3.28. The van der Waals surface area contributed by atoms with Crippen LogP contribution in [0.15, 0.2) is 90.8 Å². The molecule has 33 heavy (non-hydrogen) atoms. The van der Waals surface area contributed by atoms with E-state index < -0.39 is 35.2 Å². The Morgan fingerprint density at radius 1 is 1.09 bits per heavy atom. The molecule has 0 aliphatic heterocycles. The lowest BCUT2D eigenvalue weighted by molar-refractivity contribution is 0.166. The van der Waals surface area contributed by atoms with Gasteiger partial charge in [-0.2, -0.15) is 4.39 Å². The van der Waals surface area contributed by atoms with Gasteiger partial charge >= 0.3 is 0 Å². The van der Waals surface area contributed by atoms with Gasteiger partial charge in [-0.3, -0.25) is 0 Å². The van der Waals surface area contributed by atoms with E-state index in [1.54, 1.807) is 18.2 Å². The van der Waals surface area contributed by atoms with Crippen LogP contribution in [-0.4, -0.2) is 18.3 Å². The molecule has 176 valence electrons. The van der Waals surface area contributed by atoms with Gasteiger partial charge in [-0.25, -0.2) is 13.2 Å². The van der Waals surface area contributed by atoms with Crippen LogP contribution in [0, 0.1) is 11.6 Å². The van der Waals surface area contributed by atoms with Crippen LogP contribution in [0.4, 0.5) is 17.6 Å². The standard InChI is InChI=1S/C27H28F4O2/c1-16(6-8-17(2)18(3)24(28)25(29)19(4)33-5)7-9-21-12-15-23(27(31)26(21)30)20-10-13-22(32)14-11-20/h6,8,10,12,15,22,32H,1-4,7,9,11,13-14H2,5H3/b8-6-,25-24-. The van der Waals surface area contributed by atoms with Crippen molar-refractivity contribution in [2.45, 2.75) is 38.2 Å². The Kier molecular flexibility index (Phi) is 9.23. The van der Waals surface area contributed by atoms with Crippen LogP contribution in [0.25, 0.3) is 5.57 Å². The van der Waals surface area contributed by atoms with Gasteiger partial charge in [-0.15, -0.1) is 0 Å². The summed E-state index contributed by atoms with van der Waals surface area (Å²) in [6, 6.07) is 3.10. The van der Waals surface area contributed by atoms with E-state index in [0.29, 0.717) is 36.8 Å². The van der Waals surface area contributed by atoms with Crippen LogP contribution >= 0.6 is 0 Å². The number of aliphatic hydroxyl groups excluding tert-OH is 1. The number of hydrogen-bond donors (Lipinski definition) is 1. The highest BCUT2D eigenvalue weighted by Gasteiger charge is 2.19. The normalized spacial score (nSPS) is 16.8. The summed E-state index contributed by atoms with van der Waals surface area (Å²) in [5, 5.41) is 9.57. The summed E-state index contributed by atoms with van der Waals surface area (Å²) in [5.41, 5.74) is 1.52. The summed E-state index contributed by atoms with van der Waals surface area (Å²) >= 11 is 0. The average Bonchev–Trinajstić information content (AvgIpc) is 2.82. The van der Waals surface area contributed by atoms with Gasteiger partial charge in [-0.05, 0) is 48.8 Å². The predicted molar refractivity (Wildman–Crippen MR) is 124 cm³/mol. The molecule has 1 aliphatic rings. The molecule has 2 nitrogen and oxygen atoms in total. The molecule has 0 fully saturated rings. The van der Waals surface area contributed by atoms with E-state index >= 15 is 0 Å². The molecule has 1 unspecified atom stereocenters. The molecule has 1 aliphatic carbocycles. The van der Waals surface area contributed by atoms with Gasteiger partial charge in [0.1, 0.15) is 5.76 Å². The van der Waals surface area contributed by atoms with Crippen molar-refractivity contribution in [1.82, 2.24) is 0 Å². The molecule has 1 aromatic rings. The van der Waals surface area contributed by atoms with Crippen molar-refractivity contribution >= 4 is 5.57 Å². The number of ether oxygens (including phenoxy) is 1. The van der Waals surface area contributed by atoms with Crippen molar-refractivity contribution in [3.05, 3.63) is 114 Å². The van der Waals surface area contributed by atoms with Gasteiger partial charge in [0.2, 0.25) is 5.83 Å². The van der Waals surface area contributed by atoms with Gasteiger partial charge in [-0.1, -0.05) is 62.2 Å². The Morgan fingerprint density at radius 2 is 1.79 bits per heavy atom. The number of allylic oxidation sites excluding steroid dienone is 8. The Bertz CT molecular complexity index is 1060. The fraction of sp³-hybridized carbons (Fsp3) is 0.259. The van der Waals surface area contributed by atoms with Gasteiger partial charge in [0.05, 0.1) is 13.2 Å². The molecule has 1 aromatic carbocycles. The van der Waals surface area contributed by atoms with E-state index in [2.05, 4.69) is 31.1 Å². The molecule has 0 amide bonds. The Labute approximate surface area is 192 Å². The van der Waals surface area contributed by atoms with E-state index in [9.17, 15) is 22.7 Å². The lowest BCUT2D eigenvalue weighted by atomic mass is 9.90. The molecular weight excluding hydrogens is 432 g/mol. The second kappa shape index (κ2) is 11.7. The zero-order valence-electron chi connectivity index (χ0n) is 18.7. The Morgan fingerprint density at radius 3 is 2.39 bits per heavy atom. The Hall–Kier alpha value is -3.12. The highest BCUT2D eigenvalue weighted by Crippen LogP contribution is 2.31. The first-order chi connectivity index (χ1) is 15.6. The van der Waals surface area contributed by atoms with Crippen molar-refractivity contribution in [2.75, 3.05) is 7.11 Å². The number of aliphatic hydroxyl groups is 1. The lowest BCUT2D eigenvalue weighted by Crippen LogP contribution is -2.11. The number of hydrogen-bond acceptors (Lipinski definition) is 2. The predicted octanol–water partition coefficient (Wildman–Crippen LogP) is 7.36. The molecule has 2 rings (SSSR count). The molecule has 0 saturated carbocycles. The smallest absolute Gasteiger partial charge is 0.200 e. The summed E-state index contributed by atoms with van der Waals surface area (Å²) in [5.74, 6) is -4.77. The van der Waals surface area contributed by atoms with Gasteiger partial charge in [0.15, 0.2) is 17.5 Å². The first-order valence-electron chi connectivity index (χ1n) is 10.4. The minimum absolute atomic E-state index is 0.111. The third-order valence-corrected chi connectivity index (χ3v) is 5.46. The minimum Gasteiger partial charge on any atom is -0.494 e. The molecule has 0 radical (unpaired) electrons. The molecule has 0 spiro atoms. The first kappa shape index (κ1) is 26.1. The number of aryl methyl sites for hydroxylation is 1. The molecule has 0 saturated heterocycles. The maximum atomic E-state index is 14.6. The quantitative estimate of drug-likeness (QED) is 0.225. The van der Waals surface area contributed by atoms with E-state index in [1.807, 2.05) is 0 Å². The minimum atomic E-state index is -1.27. The number of methoxy groups -OCH3 is 1. The molecule has 6 heteroatoms. The number of benzene rings is 1. The van der Waals surface area contributed by atoms with E-state index in [-0.39, 0.29) is 28.7 Å². The SMILES string of the molecule is C=C(/C=C\C(=C)C(=C)/C(F)=C(/F)C(=C)OC)CCc1ccc(C2=CCC(O)CC2)c(F)c1F. The maximum Gasteiger partial charge on any atom is 0.200 e. The van der Waals surface area contributed by atoms with Gasteiger partial charge in [0, 0.05) is 11.1 Å². The van der Waals surface area contributed by atoms with Crippen molar-refractivity contribution in [2.24, 2.45) is 0 Å². The third kappa shape index (κ3) is 6.68. The second-order valence-corrected chi connectivity index (χ2v) is 7.81. The summed E-state index contributed by atoms with van der Waals surface area (Å²) in [4.78, 5) is 0. The largest absolute Gasteiger partial charge is 0.494 e. The number of halogens is 4. The van der Waals surface area contributed by atoms with Crippen LogP contribution in [0.1, 0.15) is 36.8 Å². The third-order valence-electron chi connectivity index (χ3n) is 5.46. The van der Waals surface area contributed by atoms with Crippen molar-refractivity contribution in [1.29, 1.82) is 0 Å². The summed E-state index contributed by atoms with van der Waals surface area (Å²) in [6.07, 6.45) is 6.20. The monoisotopic (exact) mass is 460 g/mol. The molecule has 0 bridgehead atoms. The van der Waals surface area contributed by atoms with Gasteiger partial charge in [0.25, 0.3) is 0 Å². The van der Waals surface area contributed by atoms with Gasteiger partial charge < -0.3 is 9.84 Å². The summed E-state index contributed by atoms with van der Waals surface area (Å²) in [6.45, 7) is 14.2. The summed E-state index contributed by atoms with van der Waals surface area (Å²) in [7, 11) is 1.16. The fourth-order valence-corrected chi connectivity index (χ4v) is 3.28. The van der Waals surface area contributed by atoms with E-state index in [0.717, 1.165) is 7.11 Å². The topological polar surface area (TPSA) is 29.5 Å². The average molecular weight is 461 g/mol. The zero-order valence-corrected chi connectivity index (χ0v) is 18.7. The molecule has 0 heterocycles. The van der Waals surface area contributed by atoms with Crippen molar-refractivity contribution in [3.8, 4) is 0 Å². The molecule has 1 atom stereocenters. The second-order valence-electron chi connectivity index (χ2n) is 7.81. The van der Waals surface area contributed by atoms with Crippen LogP contribution in [0.2, 0.25) is 0 Å². The van der Waals surface area contributed by atoms with Crippen LogP contribution in [0.5, 0.6) is 0 Å². The van der Waals surface area contributed by atoms with E-state index in [4.69, 9.17) is 0 Å². The van der Waals surface area contributed by atoms with Crippen molar-refractivity contribution in [3.63, 3.8) is 0 Å².